The van der Waals surface area contributed by atoms with Crippen LogP contribution in [0.2, 0.25) is 0 Å². The molecule has 0 aromatic carbocycles. The quantitative estimate of drug-likeness (QED) is 0.0199. The van der Waals surface area contributed by atoms with Gasteiger partial charge in [-0.1, -0.05) is 276 Å². The van der Waals surface area contributed by atoms with E-state index < -0.39 is 6.10 Å². The molecule has 0 saturated heterocycles. The predicted octanol–water partition coefficient (Wildman–Crippen LogP) is 19.0. The number of esters is 3. The fourth-order valence-corrected chi connectivity index (χ4v) is 7.41. The Morgan fingerprint density at radius 1 is 0.314 bits per heavy atom. The van der Waals surface area contributed by atoms with Gasteiger partial charge in [0.15, 0.2) is 6.10 Å². The van der Waals surface area contributed by atoms with Gasteiger partial charge in [-0.15, -0.1) is 0 Å². The molecule has 6 nitrogen and oxygen atoms in total. The molecule has 0 spiro atoms. The predicted molar refractivity (Wildman–Crippen MR) is 302 cm³/mol. The summed E-state index contributed by atoms with van der Waals surface area (Å²) in [6.07, 6.45) is 80.3. The van der Waals surface area contributed by atoms with Gasteiger partial charge in [0.25, 0.3) is 0 Å². The van der Waals surface area contributed by atoms with E-state index in [-0.39, 0.29) is 44.0 Å². The number of carbonyl (C=O) groups is 3. The van der Waals surface area contributed by atoms with Crippen LogP contribution in [0.3, 0.4) is 0 Å². The SMILES string of the molecule is CC\C=C/C=C\C=C/C=C\C=C\C=C/CCCCCC(=O)OC(COC(=O)CC/C=C\C/C=C\C/C=C\C/C=C\C/C=C\CC)COC(=O)CCCCCCCCCCCCCCCCCCCCC. The molecule has 0 heterocycles. The summed E-state index contributed by atoms with van der Waals surface area (Å²) in [5, 5.41) is 0. The Labute approximate surface area is 430 Å². The Kier molecular flexibility index (Phi) is 53.5. The van der Waals surface area contributed by atoms with Crippen LogP contribution in [-0.2, 0) is 28.6 Å². The van der Waals surface area contributed by atoms with E-state index in [4.69, 9.17) is 14.2 Å². The topological polar surface area (TPSA) is 78.9 Å². The molecule has 6 heteroatoms. The van der Waals surface area contributed by atoms with Crippen LogP contribution in [0.25, 0.3) is 0 Å². The highest BCUT2D eigenvalue weighted by Crippen LogP contribution is 2.16. The van der Waals surface area contributed by atoms with Crippen LogP contribution in [0.15, 0.2) is 134 Å². The fraction of sp³-hybridized carbons (Fsp3) is 0.609. The molecular weight excluding hydrogens is 865 g/mol. The second kappa shape index (κ2) is 57.1. The van der Waals surface area contributed by atoms with E-state index in [2.05, 4.69) is 81.5 Å². The number of ether oxygens (including phenoxy) is 3. The van der Waals surface area contributed by atoms with Crippen molar-refractivity contribution >= 4 is 17.9 Å². The lowest BCUT2D eigenvalue weighted by molar-refractivity contribution is -0.166. The third kappa shape index (κ3) is 54.5. The van der Waals surface area contributed by atoms with Crippen LogP contribution in [0, 0.1) is 0 Å². The summed E-state index contributed by atoms with van der Waals surface area (Å²) >= 11 is 0. The first kappa shape index (κ1) is 65.5. The second-order valence-electron chi connectivity index (χ2n) is 18.2. The standard InChI is InChI=1S/C64H102O6/c1-4-7-10-13-16-19-22-25-28-31-32-34-36-39-42-45-48-51-54-57-63(66)69-60-61(59-68-62(65)56-53-50-47-44-41-38-35-30-27-24-21-18-15-12-9-6-3)70-64(67)58-55-52-49-46-43-40-37-33-29-26-23-20-17-14-11-8-5-2/h8-9,11-12,14,17-18,20-21,23,26-27,29-30,33,37-38,40-41,43,47,50,61H,4-7,10,13,15-16,19,22,24-25,28,31-32,34-36,39,42,44-46,48-49,51-60H2,1-3H3/b11-8-,12-9-,17-14-,21-18-,23-20-,29-26-,30-27-,37-33+,41-38-,43-40-,50-47-. The third-order valence-corrected chi connectivity index (χ3v) is 11.6. The molecule has 0 aliphatic rings. The van der Waals surface area contributed by atoms with Crippen molar-refractivity contribution in [3.8, 4) is 0 Å². The van der Waals surface area contributed by atoms with Gasteiger partial charge in [0, 0.05) is 19.3 Å². The summed E-state index contributed by atoms with van der Waals surface area (Å²) in [4.78, 5) is 38.1. The number of hydrogen-bond donors (Lipinski definition) is 0. The van der Waals surface area contributed by atoms with Crippen LogP contribution >= 0.6 is 0 Å². The van der Waals surface area contributed by atoms with Crippen molar-refractivity contribution in [3.63, 3.8) is 0 Å². The average molecular weight is 968 g/mol. The number of unbranched alkanes of at least 4 members (excludes halogenated alkanes) is 21. The van der Waals surface area contributed by atoms with Crippen LogP contribution in [-0.4, -0.2) is 37.2 Å². The summed E-state index contributed by atoms with van der Waals surface area (Å²) in [5.74, 6) is -1.06. The first-order valence-corrected chi connectivity index (χ1v) is 28.3. The third-order valence-electron chi connectivity index (χ3n) is 11.6. The molecule has 0 aromatic rings. The Morgan fingerprint density at radius 2 is 0.657 bits per heavy atom. The van der Waals surface area contributed by atoms with Crippen LogP contribution in [0.1, 0.15) is 233 Å². The lowest BCUT2D eigenvalue weighted by Crippen LogP contribution is -2.30. The molecule has 1 atom stereocenters. The van der Waals surface area contributed by atoms with Crippen LogP contribution < -0.4 is 0 Å². The monoisotopic (exact) mass is 967 g/mol. The van der Waals surface area contributed by atoms with Gasteiger partial charge >= 0.3 is 17.9 Å². The maximum atomic E-state index is 12.8. The van der Waals surface area contributed by atoms with Crippen molar-refractivity contribution in [2.24, 2.45) is 0 Å². The van der Waals surface area contributed by atoms with Crippen molar-refractivity contribution in [1.29, 1.82) is 0 Å². The van der Waals surface area contributed by atoms with Crippen LogP contribution in [0.5, 0.6) is 0 Å². The minimum atomic E-state index is -0.835. The minimum absolute atomic E-state index is 0.122. The molecule has 0 radical (unpaired) electrons. The first-order valence-electron chi connectivity index (χ1n) is 28.3. The minimum Gasteiger partial charge on any atom is -0.462 e. The van der Waals surface area contributed by atoms with Crippen molar-refractivity contribution in [2.75, 3.05) is 13.2 Å². The number of hydrogen-bond acceptors (Lipinski definition) is 6. The Balaban J connectivity index is 4.55. The van der Waals surface area contributed by atoms with E-state index in [1.807, 2.05) is 72.9 Å². The van der Waals surface area contributed by atoms with E-state index >= 15 is 0 Å². The van der Waals surface area contributed by atoms with Gasteiger partial charge in [-0.05, 0) is 70.6 Å². The molecule has 0 aliphatic carbocycles. The zero-order valence-electron chi connectivity index (χ0n) is 45.0. The van der Waals surface area contributed by atoms with E-state index in [9.17, 15) is 14.4 Å². The Morgan fingerprint density at radius 3 is 1.10 bits per heavy atom. The maximum Gasteiger partial charge on any atom is 0.306 e. The molecule has 1 unspecified atom stereocenters. The van der Waals surface area contributed by atoms with Gasteiger partial charge in [0.05, 0.1) is 0 Å². The molecule has 394 valence electrons. The van der Waals surface area contributed by atoms with E-state index in [0.717, 1.165) is 77.0 Å². The highest BCUT2D eigenvalue weighted by Gasteiger charge is 2.19. The fourth-order valence-electron chi connectivity index (χ4n) is 7.41. The number of rotatable bonds is 49. The highest BCUT2D eigenvalue weighted by molar-refractivity contribution is 5.71. The molecule has 0 amide bonds. The van der Waals surface area contributed by atoms with Gasteiger partial charge in [-0.25, -0.2) is 0 Å². The summed E-state index contributed by atoms with van der Waals surface area (Å²) in [7, 11) is 0. The first-order chi connectivity index (χ1) is 34.5. The maximum absolute atomic E-state index is 12.8. The largest absolute Gasteiger partial charge is 0.462 e. The summed E-state index contributed by atoms with van der Waals surface area (Å²) in [5.41, 5.74) is 0. The average Bonchev–Trinajstić information content (AvgIpc) is 3.36. The number of allylic oxidation sites excluding steroid dienone is 22. The molecule has 0 aromatic heterocycles. The Hall–Kier alpha value is -4.45. The van der Waals surface area contributed by atoms with Gasteiger partial charge in [0.1, 0.15) is 13.2 Å². The van der Waals surface area contributed by atoms with E-state index in [1.165, 1.54) is 103 Å². The molecule has 0 fully saturated rings. The molecule has 0 rings (SSSR count). The van der Waals surface area contributed by atoms with Crippen molar-refractivity contribution in [2.45, 2.75) is 239 Å². The normalized spacial score (nSPS) is 13.1. The lowest BCUT2D eigenvalue weighted by Gasteiger charge is -2.18. The summed E-state index contributed by atoms with van der Waals surface area (Å²) in [6, 6.07) is 0. The summed E-state index contributed by atoms with van der Waals surface area (Å²) in [6.45, 7) is 6.28. The molecule has 0 bridgehead atoms. The van der Waals surface area contributed by atoms with E-state index in [1.54, 1.807) is 0 Å². The summed E-state index contributed by atoms with van der Waals surface area (Å²) < 4.78 is 16.7. The molecule has 0 saturated carbocycles. The highest BCUT2D eigenvalue weighted by atomic mass is 16.6. The van der Waals surface area contributed by atoms with Crippen molar-refractivity contribution in [1.82, 2.24) is 0 Å². The smallest absolute Gasteiger partial charge is 0.306 e. The van der Waals surface area contributed by atoms with Gasteiger partial charge in [-0.2, -0.15) is 0 Å². The lowest BCUT2D eigenvalue weighted by atomic mass is 10.0. The molecular formula is C64H102O6. The number of carbonyl (C=O) groups excluding carboxylic acids is 3. The van der Waals surface area contributed by atoms with Crippen molar-refractivity contribution in [3.05, 3.63) is 134 Å². The zero-order valence-corrected chi connectivity index (χ0v) is 45.0. The Bertz CT molecular complexity index is 1530. The van der Waals surface area contributed by atoms with Gasteiger partial charge in [0.2, 0.25) is 0 Å². The van der Waals surface area contributed by atoms with Crippen molar-refractivity contribution < 1.29 is 28.6 Å². The van der Waals surface area contributed by atoms with Gasteiger partial charge < -0.3 is 14.2 Å². The molecule has 0 N–H and O–H groups in total. The second-order valence-corrected chi connectivity index (χ2v) is 18.2. The molecule has 0 aliphatic heterocycles. The molecule has 70 heavy (non-hydrogen) atoms. The van der Waals surface area contributed by atoms with E-state index in [0.29, 0.717) is 19.3 Å². The van der Waals surface area contributed by atoms with Gasteiger partial charge in [-0.3, -0.25) is 14.4 Å². The van der Waals surface area contributed by atoms with Crippen LogP contribution in [0.4, 0.5) is 0 Å². The zero-order chi connectivity index (χ0) is 50.7.